The van der Waals surface area contributed by atoms with Crippen LogP contribution >= 0.6 is 34.5 Å². The third-order valence-corrected chi connectivity index (χ3v) is 5.34. The van der Waals surface area contributed by atoms with Gasteiger partial charge in [-0.2, -0.15) is 0 Å². The highest BCUT2D eigenvalue weighted by atomic mass is 35.5. The molecule has 0 bridgehead atoms. The van der Waals surface area contributed by atoms with E-state index in [4.69, 9.17) is 11.6 Å². The number of hydrogen-bond donors (Lipinski definition) is 1. The van der Waals surface area contributed by atoms with Gasteiger partial charge in [-0.25, -0.2) is 13.4 Å². The third kappa shape index (κ3) is 2.29. The predicted molar refractivity (Wildman–Crippen MR) is 60.4 cm³/mol. The van der Waals surface area contributed by atoms with Crippen molar-refractivity contribution in [2.75, 3.05) is 4.72 Å². The number of nitrogens with one attached hydrogen (secondary N) is 1. The van der Waals surface area contributed by atoms with Crippen LogP contribution in [0.3, 0.4) is 0 Å². The molecule has 2 heterocycles. The number of rotatable bonds is 3. The fourth-order valence-electron chi connectivity index (χ4n) is 0.934. The van der Waals surface area contributed by atoms with Crippen LogP contribution in [0.1, 0.15) is 5.69 Å². The Morgan fingerprint density at radius 1 is 1.44 bits per heavy atom. The molecule has 0 aromatic carbocycles. The number of sulfonamides is 1. The molecule has 0 aliphatic carbocycles. The molecule has 0 amide bonds. The van der Waals surface area contributed by atoms with E-state index in [9.17, 15) is 8.42 Å². The van der Waals surface area contributed by atoms with E-state index in [1.54, 1.807) is 6.92 Å². The molecule has 0 saturated carbocycles. The number of halogens is 1. The van der Waals surface area contributed by atoms with E-state index < -0.39 is 10.0 Å². The van der Waals surface area contributed by atoms with Crippen molar-refractivity contribution in [3.63, 3.8) is 0 Å². The lowest BCUT2D eigenvalue weighted by molar-refractivity contribution is 0.602. The molecule has 86 valence electrons. The summed E-state index contributed by atoms with van der Waals surface area (Å²) in [7, 11) is -3.70. The van der Waals surface area contributed by atoms with Crippen LogP contribution in [0.2, 0.25) is 4.47 Å². The molecule has 0 fully saturated rings. The largest absolute Gasteiger partial charge is 0.275 e. The summed E-state index contributed by atoms with van der Waals surface area (Å²) in [6.45, 7) is 1.56. The van der Waals surface area contributed by atoms with Crippen molar-refractivity contribution in [3.05, 3.63) is 10.2 Å². The zero-order chi connectivity index (χ0) is 11.8. The lowest BCUT2D eigenvalue weighted by Gasteiger charge is -2.00. The molecule has 0 unspecified atom stereocenters. The lowest BCUT2D eigenvalue weighted by atomic mass is 10.6. The van der Waals surface area contributed by atoms with Crippen molar-refractivity contribution in [2.45, 2.75) is 11.1 Å². The van der Waals surface area contributed by atoms with Crippen molar-refractivity contribution in [2.24, 2.45) is 0 Å². The van der Waals surface area contributed by atoms with Gasteiger partial charge in [0.2, 0.25) is 5.13 Å². The zero-order valence-corrected chi connectivity index (χ0v) is 10.9. The summed E-state index contributed by atoms with van der Waals surface area (Å²) in [4.78, 5) is 3.82. The topological polar surface area (TPSA) is 97.7 Å². The second kappa shape index (κ2) is 4.20. The van der Waals surface area contributed by atoms with E-state index in [1.165, 1.54) is 0 Å². The van der Waals surface area contributed by atoms with Gasteiger partial charge in [-0.1, -0.05) is 32.5 Å². The van der Waals surface area contributed by atoms with Crippen LogP contribution in [0.4, 0.5) is 5.13 Å². The summed E-state index contributed by atoms with van der Waals surface area (Å²) < 4.78 is 29.6. The maximum Gasteiger partial charge on any atom is 0.275 e. The molecule has 2 aromatic rings. The first-order valence-corrected chi connectivity index (χ1v) is 7.25. The van der Waals surface area contributed by atoms with Gasteiger partial charge in [0.25, 0.3) is 10.0 Å². The van der Waals surface area contributed by atoms with Gasteiger partial charge in [-0.3, -0.25) is 4.72 Å². The van der Waals surface area contributed by atoms with Gasteiger partial charge in [-0.05, 0) is 12.1 Å². The minimum absolute atomic E-state index is 0.0627. The van der Waals surface area contributed by atoms with E-state index in [1.807, 2.05) is 0 Å². The first-order valence-electron chi connectivity index (χ1n) is 3.80. The summed E-state index contributed by atoms with van der Waals surface area (Å²) in [5, 5.41) is 6.86. The highest BCUT2D eigenvalue weighted by Gasteiger charge is 2.22. The molecule has 11 heteroatoms. The second-order valence-electron chi connectivity index (χ2n) is 2.61. The standard InChI is InChI=1S/C5H4ClN5O2S3/c1-2-3(14-4(6)7-2)16(12,13)9-5-8-10-11-15-5/h1H3,(H,8,9,11). The summed E-state index contributed by atoms with van der Waals surface area (Å²) in [5.74, 6) is 0. The Labute approximate surface area is 104 Å². The van der Waals surface area contributed by atoms with Crippen LogP contribution in [0.5, 0.6) is 0 Å². The fourth-order valence-corrected chi connectivity index (χ4v) is 4.26. The average Bonchev–Trinajstić information content (AvgIpc) is 2.75. The summed E-state index contributed by atoms with van der Waals surface area (Å²) in [6.07, 6.45) is 0. The van der Waals surface area contributed by atoms with Crippen LogP contribution in [0.15, 0.2) is 4.21 Å². The van der Waals surface area contributed by atoms with E-state index in [2.05, 4.69) is 24.5 Å². The SMILES string of the molecule is Cc1nc(Cl)sc1S(=O)(=O)Nc1nnns1. The lowest BCUT2D eigenvalue weighted by Crippen LogP contribution is -2.12. The van der Waals surface area contributed by atoms with Gasteiger partial charge in [-0.15, -0.1) is 0 Å². The first kappa shape index (κ1) is 11.6. The number of anilines is 1. The smallest absolute Gasteiger partial charge is 0.251 e. The minimum Gasteiger partial charge on any atom is -0.251 e. The molecule has 16 heavy (non-hydrogen) atoms. The second-order valence-corrected chi connectivity index (χ2v) is 6.80. The Kier molecular flexibility index (Phi) is 3.06. The summed E-state index contributed by atoms with van der Waals surface area (Å²) in [6, 6.07) is 0. The molecule has 0 aliphatic rings. The zero-order valence-electron chi connectivity index (χ0n) is 7.71. The average molecular weight is 298 g/mol. The monoisotopic (exact) mass is 297 g/mol. The van der Waals surface area contributed by atoms with Crippen LogP contribution in [-0.4, -0.2) is 28.2 Å². The molecule has 0 atom stereocenters. The van der Waals surface area contributed by atoms with Crippen molar-refractivity contribution >= 4 is 49.6 Å². The number of nitrogens with zero attached hydrogens (tertiary/aromatic N) is 4. The molecule has 2 aromatic heterocycles. The van der Waals surface area contributed by atoms with Gasteiger partial charge in [0.15, 0.2) is 8.68 Å². The quantitative estimate of drug-likeness (QED) is 0.912. The predicted octanol–water partition coefficient (Wildman–Crippen LogP) is 1.15. The Morgan fingerprint density at radius 3 is 2.69 bits per heavy atom. The highest BCUT2D eigenvalue weighted by Crippen LogP contribution is 2.28. The maximum atomic E-state index is 11.8. The van der Waals surface area contributed by atoms with Crippen LogP contribution in [-0.2, 0) is 10.0 Å². The Hall–Kier alpha value is -0.840. The van der Waals surface area contributed by atoms with E-state index in [0.29, 0.717) is 5.69 Å². The first-order chi connectivity index (χ1) is 7.49. The maximum absolute atomic E-state index is 11.8. The molecule has 0 saturated heterocycles. The van der Waals surface area contributed by atoms with Crippen LogP contribution < -0.4 is 4.72 Å². The number of thiazole rings is 1. The minimum atomic E-state index is -3.70. The van der Waals surface area contributed by atoms with Gasteiger partial charge in [0, 0.05) is 11.5 Å². The molecule has 0 aliphatic heterocycles. The van der Waals surface area contributed by atoms with Gasteiger partial charge >= 0.3 is 0 Å². The highest BCUT2D eigenvalue weighted by molar-refractivity contribution is 7.95. The van der Waals surface area contributed by atoms with E-state index in [-0.39, 0.29) is 13.8 Å². The van der Waals surface area contributed by atoms with Gasteiger partial charge in [0.1, 0.15) is 0 Å². The van der Waals surface area contributed by atoms with E-state index in [0.717, 1.165) is 22.9 Å². The van der Waals surface area contributed by atoms with Crippen molar-refractivity contribution < 1.29 is 8.42 Å². The molecule has 2 rings (SSSR count). The Balaban J connectivity index is 2.36. The normalized spacial score (nSPS) is 11.6. The number of aryl methyl sites for hydroxylation is 1. The molecule has 0 radical (unpaired) electrons. The third-order valence-electron chi connectivity index (χ3n) is 1.49. The Morgan fingerprint density at radius 2 is 2.19 bits per heavy atom. The molecular formula is C5H4ClN5O2S3. The van der Waals surface area contributed by atoms with Crippen LogP contribution in [0, 0.1) is 6.92 Å². The number of aromatic nitrogens is 4. The molecule has 7 nitrogen and oxygen atoms in total. The van der Waals surface area contributed by atoms with Crippen molar-refractivity contribution in [1.29, 1.82) is 0 Å². The molecule has 0 spiro atoms. The molecular weight excluding hydrogens is 294 g/mol. The fraction of sp³-hybridized carbons (Fsp3) is 0.200. The van der Waals surface area contributed by atoms with Gasteiger partial charge in [0.05, 0.1) is 5.69 Å². The Bertz CT molecular complexity index is 592. The molecule has 1 N–H and O–H groups in total. The van der Waals surface area contributed by atoms with E-state index >= 15 is 0 Å². The summed E-state index contributed by atoms with van der Waals surface area (Å²) in [5.41, 5.74) is 0.347. The van der Waals surface area contributed by atoms with Crippen molar-refractivity contribution in [1.82, 2.24) is 19.8 Å². The summed E-state index contributed by atoms with van der Waals surface area (Å²) >= 11 is 7.36. The number of hydrogen-bond acceptors (Lipinski definition) is 8. The van der Waals surface area contributed by atoms with Crippen LogP contribution in [0.25, 0.3) is 0 Å². The van der Waals surface area contributed by atoms with Gasteiger partial charge < -0.3 is 0 Å². The van der Waals surface area contributed by atoms with Crippen molar-refractivity contribution in [3.8, 4) is 0 Å².